The second-order valence-corrected chi connectivity index (χ2v) is 6.91. The topological polar surface area (TPSA) is 60.2 Å². The maximum Gasteiger partial charge on any atom is 0.228 e. The standard InChI is InChI=1S/C19H22N4O2S/c1-4-25-17-7-5-15(6-8-17)19-21-16(13-26-19)9-18(24)22(2)11-14-10-20-23(3)12-14/h5-8,10,12-13H,4,9,11H2,1-3H3. The molecular formula is C19H22N4O2S. The van der Waals surface area contributed by atoms with Gasteiger partial charge in [0.1, 0.15) is 10.8 Å². The van der Waals surface area contributed by atoms with Gasteiger partial charge in [-0.05, 0) is 31.2 Å². The number of carbonyl (C=O) groups is 1. The molecule has 0 aliphatic carbocycles. The Morgan fingerprint density at radius 1 is 1.31 bits per heavy atom. The van der Waals surface area contributed by atoms with Crippen molar-refractivity contribution in [3.8, 4) is 16.3 Å². The molecule has 6 nitrogen and oxygen atoms in total. The smallest absolute Gasteiger partial charge is 0.228 e. The summed E-state index contributed by atoms with van der Waals surface area (Å²) >= 11 is 1.55. The lowest BCUT2D eigenvalue weighted by atomic mass is 10.2. The summed E-state index contributed by atoms with van der Waals surface area (Å²) in [5.74, 6) is 0.887. The summed E-state index contributed by atoms with van der Waals surface area (Å²) < 4.78 is 7.19. The number of ether oxygens (including phenoxy) is 1. The lowest BCUT2D eigenvalue weighted by Crippen LogP contribution is -2.27. The van der Waals surface area contributed by atoms with Gasteiger partial charge < -0.3 is 9.64 Å². The molecule has 7 heteroatoms. The molecule has 1 aromatic carbocycles. The van der Waals surface area contributed by atoms with Crippen LogP contribution >= 0.6 is 11.3 Å². The monoisotopic (exact) mass is 370 g/mol. The first-order chi connectivity index (χ1) is 12.5. The maximum absolute atomic E-state index is 12.4. The Morgan fingerprint density at radius 3 is 2.73 bits per heavy atom. The zero-order valence-corrected chi connectivity index (χ0v) is 16.0. The van der Waals surface area contributed by atoms with E-state index in [4.69, 9.17) is 4.74 Å². The van der Waals surface area contributed by atoms with Gasteiger partial charge in [-0.1, -0.05) is 0 Å². The first-order valence-corrected chi connectivity index (χ1v) is 9.32. The molecule has 1 amide bonds. The Labute approximate surface area is 157 Å². The van der Waals surface area contributed by atoms with Crippen LogP contribution in [0.2, 0.25) is 0 Å². The Bertz CT molecular complexity index is 870. The van der Waals surface area contributed by atoms with Gasteiger partial charge in [0.25, 0.3) is 0 Å². The molecule has 0 N–H and O–H groups in total. The minimum Gasteiger partial charge on any atom is -0.494 e. The fourth-order valence-electron chi connectivity index (χ4n) is 2.59. The average molecular weight is 370 g/mol. The van der Waals surface area contributed by atoms with Crippen molar-refractivity contribution in [3.63, 3.8) is 0 Å². The van der Waals surface area contributed by atoms with Crippen molar-refractivity contribution < 1.29 is 9.53 Å². The van der Waals surface area contributed by atoms with Crippen LogP contribution in [0.15, 0.2) is 42.0 Å². The summed E-state index contributed by atoms with van der Waals surface area (Å²) in [5.41, 5.74) is 2.83. The van der Waals surface area contributed by atoms with Crippen molar-refractivity contribution in [1.29, 1.82) is 0 Å². The third-order valence-electron chi connectivity index (χ3n) is 3.90. The van der Waals surface area contributed by atoms with E-state index in [1.165, 1.54) is 0 Å². The number of nitrogens with zero attached hydrogens (tertiary/aromatic N) is 4. The summed E-state index contributed by atoms with van der Waals surface area (Å²) in [7, 11) is 3.66. The first-order valence-electron chi connectivity index (χ1n) is 8.44. The predicted octanol–water partition coefficient (Wildman–Crippen LogP) is 3.14. The van der Waals surface area contributed by atoms with Crippen LogP contribution in [0.3, 0.4) is 0 Å². The van der Waals surface area contributed by atoms with Gasteiger partial charge in [-0.25, -0.2) is 4.98 Å². The zero-order valence-electron chi connectivity index (χ0n) is 15.2. The first kappa shape index (κ1) is 18.1. The van der Waals surface area contributed by atoms with Crippen LogP contribution in [-0.4, -0.2) is 39.2 Å². The molecule has 3 rings (SSSR count). The molecule has 0 aliphatic heterocycles. The van der Waals surface area contributed by atoms with E-state index < -0.39 is 0 Å². The molecule has 2 heterocycles. The molecule has 3 aromatic rings. The summed E-state index contributed by atoms with van der Waals surface area (Å²) in [4.78, 5) is 18.7. The van der Waals surface area contributed by atoms with E-state index in [0.717, 1.165) is 27.6 Å². The Hall–Kier alpha value is -2.67. The second-order valence-electron chi connectivity index (χ2n) is 6.05. The number of benzene rings is 1. The van der Waals surface area contributed by atoms with Crippen molar-refractivity contribution in [2.24, 2.45) is 7.05 Å². The third-order valence-corrected chi connectivity index (χ3v) is 4.84. The third kappa shape index (κ3) is 4.49. The number of aromatic nitrogens is 3. The van der Waals surface area contributed by atoms with Crippen LogP contribution in [-0.2, 0) is 24.8 Å². The van der Waals surface area contributed by atoms with Crippen LogP contribution in [0.4, 0.5) is 0 Å². The van der Waals surface area contributed by atoms with E-state index in [-0.39, 0.29) is 5.91 Å². The number of amides is 1. The van der Waals surface area contributed by atoms with Crippen molar-refractivity contribution in [2.45, 2.75) is 19.9 Å². The van der Waals surface area contributed by atoms with Crippen LogP contribution < -0.4 is 4.74 Å². The molecule has 0 unspecified atom stereocenters. The molecule has 2 aromatic heterocycles. The fourth-order valence-corrected chi connectivity index (χ4v) is 3.41. The predicted molar refractivity (Wildman–Crippen MR) is 102 cm³/mol. The van der Waals surface area contributed by atoms with Crippen LogP contribution in [0.25, 0.3) is 10.6 Å². The highest BCUT2D eigenvalue weighted by Crippen LogP contribution is 2.26. The molecule has 0 atom stereocenters. The number of thiazole rings is 1. The number of hydrogen-bond donors (Lipinski definition) is 0. The molecule has 0 saturated heterocycles. The van der Waals surface area contributed by atoms with E-state index in [1.54, 1.807) is 34.2 Å². The highest BCUT2D eigenvalue weighted by atomic mass is 32.1. The van der Waals surface area contributed by atoms with Crippen molar-refractivity contribution in [3.05, 3.63) is 53.3 Å². The van der Waals surface area contributed by atoms with Crippen molar-refractivity contribution in [1.82, 2.24) is 19.7 Å². The molecule has 0 radical (unpaired) electrons. The molecule has 0 aliphatic rings. The van der Waals surface area contributed by atoms with Crippen LogP contribution in [0.1, 0.15) is 18.2 Å². The minimum absolute atomic E-state index is 0.0393. The molecule has 0 bridgehead atoms. The number of carbonyl (C=O) groups excluding carboxylic acids is 1. The summed E-state index contributed by atoms with van der Waals surface area (Å²) in [6.07, 6.45) is 3.98. The van der Waals surface area contributed by atoms with E-state index in [2.05, 4.69) is 10.1 Å². The Morgan fingerprint density at radius 2 is 2.08 bits per heavy atom. The molecule has 0 spiro atoms. The van der Waals surface area contributed by atoms with E-state index in [9.17, 15) is 4.79 Å². The summed E-state index contributed by atoms with van der Waals surface area (Å²) in [6, 6.07) is 7.85. The van der Waals surface area contributed by atoms with E-state index >= 15 is 0 Å². The van der Waals surface area contributed by atoms with Gasteiger partial charge in [-0.3, -0.25) is 9.48 Å². The van der Waals surface area contributed by atoms with E-state index in [1.807, 2.05) is 49.8 Å². The van der Waals surface area contributed by atoms with Crippen LogP contribution in [0.5, 0.6) is 5.75 Å². The van der Waals surface area contributed by atoms with Gasteiger partial charge >= 0.3 is 0 Å². The molecule has 0 saturated carbocycles. The Kier molecular flexibility index (Phi) is 5.68. The maximum atomic E-state index is 12.4. The SMILES string of the molecule is CCOc1ccc(-c2nc(CC(=O)N(C)Cc3cnn(C)c3)cs2)cc1. The van der Waals surface area contributed by atoms with Crippen LogP contribution in [0, 0.1) is 0 Å². The molecule has 136 valence electrons. The van der Waals surface area contributed by atoms with Gasteiger partial charge in [0.05, 0.1) is 24.9 Å². The van der Waals surface area contributed by atoms with E-state index in [0.29, 0.717) is 19.6 Å². The quantitative estimate of drug-likeness (QED) is 0.641. The van der Waals surface area contributed by atoms with Gasteiger partial charge in [0.2, 0.25) is 5.91 Å². The highest BCUT2D eigenvalue weighted by molar-refractivity contribution is 7.13. The summed E-state index contributed by atoms with van der Waals surface area (Å²) in [6.45, 7) is 3.15. The van der Waals surface area contributed by atoms with Gasteiger partial charge in [-0.15, -0.1) is 11.3 Å². The van der Waals surface area contributed by atoms with Gasteiger partial charge in [0, 0.05) is 43.3 Å². The second kappa shape index (κ2) is 8.14. The number of aryl methyl sites for hydroxylation is 1. The fraction of sp³-hybridized carbons (Fsp3) is 0.316. The number of rotatable bonds is 7. The normalized spacial score (nSPS) is 10.7. The molecule has 0 fully saturated rings. The van der Waals surface area contributed by atoms with Gasteiger partial charge in [-0.2, -0.15) is 5.10 Å². The molecular weight excluding hydrogens is 348 g/mol. The van der Waals surface area contributed by atoms with Crippen molar-refractivity contribution >= 4 is 17.2 Å². The minimum atomic E-state index is 0.0393. The lowest BCUT2D eigenvalue weighted by Gasteiger charge is -2.15. The zero-order chi connectivity index (χ0) is 18.5. The van der Waals surface area contributed by atoms with Gasteiger partial charge in [0.15, 0.2) is 0 Å². The molecule has 26 heavy (non-hydrogen) atoms. The number of hydrogen-bond acceptors (Lipinski definition) is 5. The van der Waals surface area contributed by atoms with Crippen molar-refractivity contribution in [2.75, 3.05) is 13.7 Å². The number of likely N-dealkylation sites (N-methyl/N-ethyl adjacent to an activating group) is 1. The Balaban J connectivity index is 1.61. The summed E-state index contributed by atoms with van der Waals surface area (Å²) in [5, 5.41) is 6.98. The average Bonchev–Trinajstić information content (AvgIpc) is 3.25. The highest BCUT2D eigenvalue weighted by Gasteiger charge is 2.14. The largest absolute Gasteiger partial charge is 0.494 e. The lowest BCUT2D eigenvalue weighted by molar-refractivity contribution is -0.129.